The lowest BCUT2D eigenvalue weighted by atomic mass is 9.97. The van der Waals surface area contributed by atoms with Crippen molar-refractivity contribution in [1.29, 1.82) is 0 Å². The number of anilines is 1. The molecule has 0 aromatic carbocycles. The zero-order valence-corrected chi connectivity index (χ0v) is 17.8. The van der Waals surface area contributed by atoms with Gasteiger partial charge in [0.15, 0.2) is 5.16 Å². The molecule has 0 aliphatic heterocycles. The molecule has 0 spiro atoms. The van der Waals surface area contributed by atoms with Gasteiger partial charge in [-0.25, -0.2) is 9.78 Å². The van der Waals surface area contributed by atoms with E-state index in [4.69, 9.17) is 4.74 Å². The largest absolute Gasteiger partial charge is 0.462 e. The fourth-order valence-electron chi connectivity index (χ4n) is 3.11. The Hall–Kier alpha value is -2.13. The van der Waals surface area contributed by atoms with Crippen LogP contribution in [0.15, 0.2) is 9.95 Å². The number of hydrogen-bond acceptors (Lipinski definition) is 7. The molecule has 2 heterocycles. The minimum atomic E-state index is -0.437. The number of H-pyrrole nitrogens is 1. The lowest BCUT2D eigenvalue weighted by Gasteiger charge is -2.14. The summed E-state index contributed by atoms with van der Waals surface area (Å²) in [7, 11) is 0. The number of hydrogen-bond donors (Lipinski definition) is 2. The van der Waals surface area contributed by atoms with Gasteiger partial charge >= 0.3 is 5.97 Å². The minimum absolute atomic E-state index is 0.0833. The lowest BCUT2D eigenvalue weighted by molar-refractivity contribution is -0.113. The number of amides is 1. The number of aromatic nitrogens is 2. The van der Waals surface area contributed by atoms with Crippen LogP contribution in [0.1, 0.15) is 51.8 Å². The van der Waals surface area contributed by atoms with Crippen molar-refractivity contribution in [1.82, 2.24) is 9.97 Å². The van der Waals surface area contributed by atoms with Crippen LogP contribution in [0.3, 0.4) is 0 Å². The Bertz CT molecular complexity index is 965. The van der Waals surface area contributed by atoms with Crippen molar-refractivity contribution >= 4 is 40.0 Å². The van der Waals surface area contributed by atoms with E-state index in [0.717, 1.165) is 47.4 Å². The molecule has 2 aromatic rings. The summed E-state index contributed by atoms with van der Waals surface area (Å²) >= 11 is 2.53. The monoisotopic (exact) mass is 421 g/mol. The second-order valence-corrected chi connectivity index (χ2v) is 8.74. The third-order valence-corrected chi connectivity index (χ3v) is 6.62. The Morgan fingerprint density at radius 2 is 2.04 bits per heavy atom. The van der Waals surface area contributed by atoms with Crippen LogP contribution in [-0.4, -0.2) is 34.2 Å². The third kappa shape index (κ3) is 4.47. The van der Waals surface area contributed by atoms with Crippen LogP contribution in [0.5, 0.6) is 0 Å². The molecule has 2 aromatic heterocycles. The second kappa shape index (κ2) is 8.91. The summed E-state index contributed by atoms with van der Waals surface area (Å²) in [5, 5.41) is 3.74. The zero-order valence-electron chi connectivity index (χ0n) is 16.1. The predicted octanol–water partition coefficient (Wildman–Crippen LogP) is 3.23. The smallest absolute Gasteiger partial charge is 0.341 e. The van der Waals surface area contributed by atoms with Gasteiger partial charge in [0.25, 0.3) is 5.56 Å². The number of thiophene rings is 1. The number of carbonyl (C=O) groups excluding carboxylic acids is 2. The highest BCUT2D eigenvalue weighted by Gasteiger charge is 2.22. The minimum Gasteiger partial charge on any atom is -0.462 e. The molecule has 1 aliphatic rings. The molecule has 1 amide bonds. The number of nitrogens with zero attached hydrogens (tertiary/aromatic N) is 1. The number of ether oxygens (including phenoxy) is 1. The van der Waals surface area contributed by atoms with Gasteiger partial charge in [0, 0.05) is 10.4 Å². The molecule has 28 heavy (non-hydrogen) atoms. The highest BCUT2D eigenvalue weighted by atomic mass is 32.2. The van der Waals surface area contributed by atoms with Gasteiger partial charge in [-0.2, -0.15) is 0 Å². The summed E-state index contributed by atoms with van der Waals surface area (Å²) in [6, 6.07) is 0. The van der Waals surface area contributed by atoms with E-state index < -0.39 is 5.97 Å². The fraction of sp³-hybridized carbons (Fsp3) is 0.474. The maximum absolute atomic E-state index is 12.4. The summed E-state index contributed by atoms with van der Waals surface area (Å²) in [6.45, 7) is 5.75. The van der Waals surface area contributed by atoms with E-state index in [1.807, 2.05) is 13.8 Å². The standard InChI is InChI=1S/C19H23N3O4S2/c1-4-26-18(25)15-10(2)11(3)28-17(15)21-14(23)9-27-19-20-13-8-6-5-7-12(13)16(24)22-19/h4-9H2,1-3H3,(H,21,23)(H,20,22,24). The van der Waals surface area contributed by atoms with Crippen molar-refractivity contribution in [2.45, 2.75) is 51.6 Å². The van der Waals surface area contributed by atoms with Crippen LogP contribution in [-0.2, 0) is 22.4 Å². The molecule has 0 saturated carbocycles. The number of aromatic amines is 1. The van der Waals surface area contributed by atoms with Gasteiger partial charge in [-0.15, -0.1) is 11.3 Å². The van der Waals surface area contributed by atoms with Crippen molar-refractivity contribution in [2.75, 3.05) is 17.7 Å². The summed E-state index contributed by atoms with van der Waals surface area (Å²) in [5.74, 6) is -0.620. The number of esters is 1. The molecule has 3 rings (SSSR count). The average molecular weight is 422 g/mol. The van der Waals surface area contributed by atoms with E-state index in [1.165, 1.54) is 23.1 Å². The molecular formula is C19H23N3O4S2. The molecule has 2 N–H and O–H groups in total. The number of rotatable bonds is 6. The number of fused-ring (bicyclic) bond motifs is 1. The predicted molar refractivity (Wildman–Crippen MR) is 111 cm³/mol. The molecule has 9 heteroatoms. The first-order chi connectivity index (χ1) is 13.4. The van der Waals surface area contributed by atoms with Crippen LogP contribution in [0, 0.1) is 13.8 Å². The quantitative estimate of drug-likeness (QED) is 0.422. The van der Waals surface area contributed by atoms with Crippen LogP contribution in [0.2, 0.25) is 0 Å². The third-order valence-electron chi connectivity index (χ3n) is 4.63. The van der Waals surface area contributed by atoms with Crippen LogP contribution in [0.4, 0.5) is 5.00 Å². The normalized spacial score (nSPS) is 13.1. The molecule has 0 atom stereocenters. The summed E-state index contributed by atoms with van der Waals surface area (Å²) in [5.41, 5.74) is 2.72. The molecule has 0 unspecified atom stereocenters. The maximum atomic E-state index is 12.4. The van der Waals surface area contributed by atoms with Crippen molar-refractivity contribution in [3.63, 3.8) is 0 Å². The van der Waals surface area contributed by atoms with Crippen molar-refractivity contribution in [3.8, 4) is 0 Å². The van der Waals surface area contributed by atoms with Gasteiger partial charge < -0.3 is 15.0 Å². The highest BCUT2D eigenvalue weighted by Crippen LogP contribution is 2.33. The zero-order chi connectivity index (χ0) is 20.3. The first-order valence-electron chi connectivity index (χ1n) is 9.22. The number of aryl methyl sites for hydroxylation is 2. The topological polar surface area (TPSA) is 101 Å². The molecule has 0 fully saturated rings. The van der Waals surface area contributed by atoms with Crippen LogP contribution >= 0.6 is 23.1 Å². The fourth-order valence-corrected chi connectivity index (χ4v) is 4.85. The summed E-state index contributed by atoms with van der Waals surface area (Å²) in [4.78, 5) is 45.0. The number of carbonyl (C=O) groups is 2. The van der Waals surface area contributed by atoms with E-state index >= 15 is 0 Å². The first kappa shape index (κ1) is 20.6. The molecular weight excluding hydrogens is 398 g/mol. The van der Waals surface area contributed by atoms with Crippen molar-refractivity contribution < 1.29 is 14.3 Å². The SMILES string of the molecule is CCOC(=O)c1c(NC(=O)CSc2nc3c(c(=O)[nH]2)CCCC3)sc(C)c1C. The van der Waals surface area contributed by atoms with Gasteiger partial charge in [-0.05, 0) is 52.0 Å². The summed E-state index contributed by atoms with van der Waals surface area (Å²) in [6.07, 6.45) is 3.60. The Balaban J connectivity index is 1.69. The first-order valence-corrected chi connectivity index (χ1v) is 11.0. The van der Waals surface area contributed by atoms with Crippen molar-refractivity contribution in [3.05, 3.63) is 37.6 Å². The average Bonchev–Trinajstić information content (AvgIpc) is 2.94. The van der Waals surface area contributed by atoms with Gasteiger partial charge in [-0.1, -0.05) is 11.8 Å². The van der Waals surface area contributed by atoms with E-state index in [1.54, 1.807) is 6.92 Å². The van der Waals surface area contributed by atoms with Crippen molar-refractivity contribution in [2.24, 2.45) is 0 Å². The van der Waals surface area contributed by atoms with E-state index in [0.29, 0.717) is 15.7 Å². The van der Waals surface area contributed by atoms with E-state index in [2.05, 4.69) is 15.3 Å². The molecule has 7 nitrogen and oxygen atoms in total. The molecule has 0 bridgehead atoms. The Labute approximate surface area is 171 Å². The van der Waals surface area contributed by atoms with Crippen LogP contribution in [0.25, 0.3) is 0 Å². The second-order valence-electron chi connectivity index (χ2n) is 6.55. The Morgan fingerprint density at radius 3 is 2.79 bits per heavy atom. The maximum Gasteiger partial charge on any atom is 0.341 e. The number of thioether (sulfide) groups is 1. The van der Waals surface area contributed by atoms with Gasteiger partial charge in [0.1, 0.15) is 5.00 Å². The molecule has 150 valence electrons. The van der Waals surface area contributed by atoms with E-state index in [-0.39, 0.29) is 23.8 Å². The Kier molecular flexibility index (Phi) is 6.56. The van der Waals surface area contributed by atoms with Gasteiger partial charge in [0.05, 0.1) is 23.6 Å². The van der Waals surface area contributed by atoms with Gasteiger partial charge in [-0.3, -0.25) is 9.59 Å². The molecule has 1 aliphatic carbocycles. The van der Waals surface area contributed by atoms with Crippen LogP contribution < -0.4 is 10.9 Å². The van der Waals surface area contributed by atoms with Gasteiger partial charge in [0.2, 0.25) is 5.91 Å². The molecule has 0 radical (unpaired) electrons. The highest BCUT2D eigenvalue weighted by molar-refractivity contribution is 7.99. The number of nitrogens with one attached hydrogen (secondary N) is 2. The molecule has 0 saturated heterocycles. The summed E-state index contributed by atoms with van der Waals surface area (Å²) < 4.78 is 5.10. The van der Waals surface area contributed by atoms with E-state index in [9.17, 15) is 14.4 Å². The Morgan fingerprint density at radius 1 is 1.29 bits per heavy atom. The lowest BCUT2D eigenvalue weighted by Crippen LogP contribution is -2.22.